The van der Waals surface area contributed by atoms with E-state index in [2.05, 4.69) is 93.5 Å². The van der Waals surface area contributed by atoms with Gasteiger partial charge in [-0.05, 0) is 386 Å². The lowest BCUT2D eigenvalue weighted by atomic mass is 9.56. The molecule has 0 atom stereocenters. The number of aryl methyl sites for hydroxylation is 4. The highest BCUT2D eigenvalue weighted by Crippen LogP contribution is 2.87. The predicted molar refractivity (Wildman–Crippen MR) is 378 cm³/mol. The molecule has 0 unspecified atom stereocenters. The minimum absolute atomic E-state index is 0.0266. The Morgan fingerprint density at radius 2 is 0.402 bits per heavy atom. The van der Waals surface area contributed by atoms with E-state index in [1.807, 2.05) is 22.3 Å². The predicted octanol–water partition coefficient (Wildman–Crippen LogP) is 22.3. The summed E-state index contributed by atoms with van der Waals surface area (Å²) in [6, 6.07) is 12.2. The smallest absolute Gasteiger partial charge is 0.0561 e. The van der Waals surface area contributed by atoms with Crippen LogP contribution in [0.2, 0.25) is 6.04 Å². The van der Waals surface area contributed by atoms with Crippen LogP contribution in [0.25, 0.3) is 291 Å². The van der Waals surface area contributed by atoms with Crippen molar-refractivity contribution in [2.45, 2.75) is 103 Å². The van der Waals surface area contributed by atoms with Gasteiger partial charge in [-0.25, -0.2) is 0 Å². The molecule has 87 heavy (non-hydrogen) atoms. The molecule has 0 aromatic heterocycles. The van der Waals surface area contributed by atoms with Gasteiger partial charge in [0.1, 0.15) is 8.07 Å². The zero-order chi connectivity index (χ0) is 54.8. The summed E-state index contributed by atoms with van der Waals surface area (Å²) in [4.78, 5) is 0. The van der Waals surface area contributed by atoms with Crippen LogP contribution in [0, 0.1) is 27.7 Å². The van der Waals surface area contributed by atoms with E-state index < -0.39 is 8.07 Å². The van der Waals surface area contributed by atoms with Gasteiger partial charge in [-0.2, -0.15) is 0 Å². The van der Waals surface area contributed by atoms with Crippen LogP contribution in [0.4, 0.5) is 0 Å². The van der Waals surface area contributed by atoms with Gasteiger partial charge in [0.25, 0.3) is 0 Å². The molecule has 386 valence electrons. The van der Waals surface area contributed by atoms with Crippen LogP contribution >= 0.6 is 0 Å². The van der Waals surface area contributed by atoms with E-state index >= 15 is 0 Å². The Morgan fingerprint density at radius 3 is 0.575 bits per heavy atom. The summed E-state index contributed by atoms with van der Waals surface area (Å²) in [5.74, 6) is 0. The number of hydrogen-bond acceptors (Lipinski definition) is 0. The molecule has 0 nitrogen and oxygen atoms in total. The average molecular weight is 1100 g/mol. The molecule has 0 N–H and O–H groups in total. The van der Waals surface area contributed by atoms with Crippen LogP contribution in [-0.4, -0.2) is 8.07 Å². The average Bonchev–Trinajstić information content (AvgIpc) is 1.38. The van der Waals surface area contributed by atoms with Crippen molar-refractivity contribution < 1.29 is 0 Å². The van der Waals surface area contributed by atoms with Crippen LogP contribution in [0.5, 0.6) is 0 Å². The Hall–Kier alpha value is -8.88. The lowest BCUT2D eigenvalue weighted by Crippen LogP contribution is -2.75. The van der Waals surface area contributed by atoms with Crippen LogP contribution in [-0.2, 0) is 21.3 Å². The zero-order valence-electron chi connectivity index (χ0n) is 49.2. The molecule has 1 heterocycles. The molecule has 0 saturated carbocycles. The first-order chi connectivity index (χ1) is 42.3. The van der Waals surface area contributed by atoms with Gasteiger partial charge in [0.2, 0.25) is 0 Å². The summed E-state index contributed by atoms with van der Waals surface area (Å²) in [6.07, 6.45) is 1.20. The Balaban J connectivity index is 1.02. The van der Waals surface area contributed by atoms with Crippen LogP contribution in [0.3, 0.4) is 0 Å². The Labute approximate surface area is 489 Å². The molecule has 0 radical (unpaired) electrons. The third kappa shape index (κ3) is 2.29. The minimum Gasteiger partial charge on any atom is -0.0561 e. The second-order valence-corrected chi connectivity index (χ2v) is 38.3. The molecule has 35 rings (SSSR count). The Bertz CT molecular complexity index is 8050. The van der Waals surface area contributed by atoms with Crippen molar-refractivity contribution in [2.75, 3.05) is 0 Å². The van der Waals surface area contributed by atoms with Gasteiger partial charge in [0.15, 0.2) is 0 Å². The van der Waals surface area contributed by atoms with Crippen LogP contribution in [0.15, 0.2) is 24.3 Å². The molecule has 2 spiro atoms. The highest BCUT2D eigenvalue weighted by molar-refractivity contribution is 7.07. The van der Waals surface area contributed by atoms with Gasteiger partial charge < -0.3 is 0 Å². The number of rotatable bonds is 2. The molecular weight excluding hydrogens is 1060 g/mol. The van der Waals surface area contributed by atoms with Crippen LogP contribution < -0.4 is 10.4 Å². The van der Waals surface area contributed by atoms with E-state index in [0.29, 0.717) is 0 Å². The standard InChI is InChI=1S/C86H38Si/c1-17-13-21(83(5,6)7)14-18(2)81(17)87(82-19(3)15-22(16-20(82)4)84(8,9)10)12-11-85-77-69-61-51-41-33-25-23-24-27-31-29(25)37-45-39(31)49-43-35(27)36-28(24)32-30-26(23)34(33)42-48-38(30)46-40(32)50-44(36)54-53(43)65-59(49)67-57(45)63(55(61)47(37)41)71(77)73(67)79-75(65)76-66(54)60(50)68-58(46)64-56(48)62(52(42)51)70(69)78(85)72(64)74(68)80(76)86(79,85)87/h13-16H,11-12H2,1-10H3. The molecule has 1 aliphatic heterocycles. The third-order valence-electron chi connectivity index (χ3n) is 30.7. The van der Waals surface area contributed by atoms with Gasteiger partial charge in [0.05, 0.1) is 0 Å². The van der Waals surface area contributed by atoms with E-state index in [1.165, 1.54) is 23.6 Å². The molecule has 1 saturated heterocycles. The first-order valence-electron chi connectivity index (χ1n) is 33.3. The number of benzene rings is 20. The fourth-order valence-electron chi connectivity index (χ4n) is 30.1. The summed E-state index contributed by atoms with van der Waals surface area (Å²) in [6.45, 7) is 25.4. The van der Waals surface area contributed by atoms with Crippen molar-refractivity contribution in [3.63, 3.8) is 0 Å². The van der Waals surface area contributed by atoms with E-state index in [0.717, 1.165) is 0 Å². The third-order valence-corrected chi connectivity index (χ3v) is 37.2. The summed E-state index contributed by atoms with van der Waals surface area (Å²) in [7, 11) is -3.28. The molecule has 30 aromatic rings. The topological polar surface area (TPSA) is 0 Å². The zero-order valence-corrected chi connectivity index (χ0v) is 50.2. The monoisotopic (exact) mass is 1100 g/mol. The van der Waals surface area contributed by atoms with Crippen molar-refractivity contribution in [1.29, 1.82) is 0 Å². The van der Waals surface area contributed by atoms with Gasteiger partial charge in [-0.15, -0.1) is 0 Å². The molecule has 4 aliphatic carbocycles. The minimum atomic E-state index is -3.28. The SMILES string of the molecule is Cc1cc(C(C)(C)C)cc(C)c1[Si]1(c2c(C)cc(C(C)(C)C)cc2C)CCC23c4c5c6c7c8c9c(c%10c%11c2c2c4c4c%12c5c5c6c6c8c8c%13c9c9c%10c%10c%11c%11c2c2c4c4c%12c%12c5c5c6c8c6c8c%13c9c9c%10c%10c%11c2c2c4c4c%12c5c6c5c8c9c%10c2c45)C731. The van der Waals surface area contributed by atoms with E-state index in [9.17, 15) is 0 Å². The maximum Gasteiger partial charge on any atom is 0.135 e. The Morgan fingerprint density at radius 1 is 0.241 bits per heavy atom. The maximum atomic E-state index is 2.75. The molecule has 1 heteroatoms. The first-order valence-corrected chi connectivity index (χ1v) is 35.5. The van der Waals surface area contributed by atoms with Crippen LogP contribution in [0.1, 0.15) is 104 Å². The van der Waals surface area contributed by atoms with Gasteiger partial charge in [-0.1, -0.05) is 88.1 Å². The molecule has 5 aliphatic rings. The second kappa shape index (κ2) is 8.82. The molecule has 30 aromatic carbocycles. The molecular formula is C86H38Si. The van der Waals surface area contributed by atoms with Crippen molar-refractivity contribution in [1.82, 2.24) is 0 Å². The van der Waals surface area contributed by atoms with Gasteiger partial charge in [0, 0.05) is 10.5 Å². The van der Waals surface area contributed by atoms with E-state index in [4.69, 9.17) is 0 Å². The van der Waals surface area contributed by atoms with Crippen molar-refractivity contribution in [2.24, 2.45) is 0 Å². The fraction of sp³-hybridized carbons (Fsp3) is 0.186. The van der Waals surface area contributed by atoms with E-state index in [1.54, 1.807) is 323 Å². The van der Waals surface area contributed by atoms with E-state index in [-0.39, 0.29) is 21.3 Å². The molecule has 1 fully saturated rings. The molecule has 0 amide bonds. The largest absolute Gasteiger partial charge is 0.135 e. The normalized spacial score (nSPS) is 21.5. The number of hydrogen-bond donors (Lipinski definition) is 0. The fourth-order valence-corrected chi connectivity index (χ4v) is 38.1. The maximum absolute atomic E-state index is 3.28. The highest BCUT2D eigenvalue weighted by atomic mass is 28.3. The summed E-state index contributed by atoms with van der Waals surface area (Å²) >= 11 is 0. The summed E-state index contributed by atoms with van der Waals surface area (Å²) < 4.78 is 0. The summed E-state index contributed by atoms with van der Waals surface area (Å²) in [5.41, 5.74) is 16.5. The van der Waals surface area contributed by atoms with Gasteiger partial charge in [-0.3, -0.25) is 0 Å². The second-order valence-electron chi connectivity index (χ2n) is 34.3. The highest BCUT2D eigenvalue weighted by Gasteiger charge is 2.80. The Kier molecular flexibility index (Phi) is 3.81. The first kappa shape index (κ1) is 37.6. The summed E-state index contributed by atoms with van der Waals surface area (Å²) in [5, 5.41) is 94.7. The lowest BCUT2D eigenvalue weighted by molar-refractivity contribution is 0.441. The van der Waals surface area contributed by atoms with Crippen molar-refractivity contribution >= 4 is 309 Å². The quantitative estimate of drug-likeness (QED) is 0.120. The van der Waals surface area contributed by atoms with Crippen molar-refractivity contribution in [3.05, 3.63) is 79.9 Å². The molecule has 0 bridgehead atoms. The van der Waals surface area contributed by atoms with Gasteiger partial charge >= 0.3 is 0 Å². The van der Waals surface area contributed by atoms with Crippen molar-refractivity contribution in [3.8, 4) is 0 Å². The lowest BCUT2D eigenvalue weighted by Gasteiger charge is -2.58.